The number of pyridine rings is 2. The van der Waals surface area contributed by atoms with Crippen LogP contribution in [0.5, 0.6) is 5.75 Å². The highest BCUT2D eigenvalue weighted by Gasteiger charge is 2.20. The molecule has 0 aliphatic rings. The first-order valence-corrected chi connectivity index (χ1v) is 8.33. The normalized spacial score (nSPS) is 12.2. The second kappa shape index (κ2) is 6.25. The summed E-state index contributed by atoms with van der Waals surface area (Å²) in [4.78, 5) is 12.7. The molecule has 0 saturated carbocycles. The topological polar surface area (TPSA) is 70.9 Å². The Bertz CT molecular complexity index is 957. The van der Waals surface area contributed by atoms with E-state index in [1.807, 2.05) is 41.8 Å². The monoisotopic (exact) mass is 334 g/mol. The van der Waals surface area contributed by atoms with Crippen molar-refractivity contribution in [3.8, 4) is 5.75 Å². The van der Waals surface area contributed by atoms with Crippen LogP contribution in [-0.4, -0.2) is 20.1 Å². The minimum absolute atomic E-state index is 0.180. The second-order valence-electron chi connectivity index (χ2n) is 5.27. The quantitative estimate of drug-likeness (QED) is 0.590. The van der Waals surface area contributed by atoms with Crippen LogP contribution in [0.1, 0.15) is 17.2 Å². The van der Waals surface area contributed by atoms with E-state index in [1.165, 1.54) is 11.3 Å². The van der Waals surface area contributed by atoms with Gasteiger partial charge in [0.05, 0.1) is 6.04 Å². The van der Waals surface area contributed by atoms with E-state index < -0.39 is 0 Å². The fraction of sp³-hybridized carbons (Fsp3) is 0.0556. The molecule has 0 spiro atoms. The number of nitrogens with one attached hydrogen (secondary N) is 1. The van der Waals surface area contributed by atoms with Crippen molar-refractivity contribution in [3.05, 3.63) is 77.7 Å². The Balaban J connectivity index is 1.85. The van der Waals surface area contributed by atoms with E-state index in [-0.39, 0.29) is 11.8 Å². The molecule has 0 amide bonds. The van der Waals surface area contributed by atoms with E-state index in [4.69, 9.17) is 0 Å². The molecule has 3 heterocycles. The van der Waals surface area contributed by atoms with Crippen molar-refractivity contribution in [2.75, 3.05) is 5.32 Å². The van der Waals surface area contributed by atoms with Gasteiger partial charge in [0.2, 0.25) is 0 Å². The summed E-state index contributed by atoms with van der Waals surface area (Å²) in [7, 11) is 0. The van der Waals surface area contributed by atoms with Crippen LogP contribution in [0.4, 0.5) is 5.13 Å². The number of phenols is 1. The number of phenolic OH excluding ortho intramolecular Hbond substituents is 1. The summed E-state index contributed by atoms with van der Waals surface area (Å²) in [6.45, 7) is 0. The van der Waals surface area contributed by atoms with Gasteiger partial charge in [-0.25, -0.2) is 4.98 Å². The fourth-order valence-corrected chi connectivity index (χ4v) is 3.25. The molecular formula is C18H14N4OS. The first-order chi connectivity index (χ1) is 11.8. The third-order valence-corrected chi connectivity index (χ3v) is 4.53. The number of thiazole rings is 1. The maximum Gasteiger partial charge on any atom is 0.183 e. The van der Waals surface area contributed by atoms with Gasteiger partial charge in [-0.15, -0.1) is 11.3 Å². The summed E-state index contributed by atoms with van der Waals surface area (Å²) in [5.41, 5.74) is 2.34. The van der Waals surface area contributed by atoms with E-state index in [1.54, 1.807) is 24.8 Å². The van der Waals surface area contributed by atoms with E-state index in [9.17, 15) is 5.11 Å². The molecule has 1 atom stereocenters. The molecule has 1 aromatic carbocycles. The molecule has 0 saturated heterocycles. The Hall–Kier alpha value is -2.99. The van der Waals surface area contributed by atoms with Gasteiger partial charge in [-0.2, -0.15) is 0 Å². The van der Waals surface area contributed by atoms with E-state index in [0.29, 0.717) is 5.52 Å². The zero-order chi connectivity index (χ0) is 16.4. The molecule has 0 aliphatic carbocycles. The molecule has 118 valence electrons. The van der Waals surface area contributed by atoms with Crippen LogP contribution in [0, 0.1) is 0 Å². The van der Waals surface area contributed by atoms with Gasteiger partial charge in [0.15, 0.2) is 5.13 Å². The lowest BCUT2D eigenvalue weighted by Crippen LogP contribution is -2.12. The largest absolute Gasteiger partial charge is 0.505 e. The van der Waals surface area contributed by atoms with Crippen molar-refractivity contribution < 1.29 is 5.11 Å². The van der Waals surface area contributed by atoms with E-state index >= 15 is 0 Å². The molecule has 5 nitrogen and oxygen atoms in total. The Kier molecular flexibility index (Phi) is 3.80. The van der Waals surface area contributed by atoms with Crippen LogP contribution in [0.2, 0.25) is 0 Å². The standard InChI is InChI=1S/C18H14N4OS/c23-17-14(4-3-12-2-1-7-20-16(12)17)15(13-5-8-19-9-6-13)22-18-21-10-11-24-18/h1-11,15,23H,(H,21,22). The lowest BCUT2D eigenvalue weighted by molar-refractivity contribution is 0.471. The Morgan fingerprint density at radius 3 is 2.62 bits per heavy atom. The minimum Gasteiger partial charge on any atom is -0.505 e. The number of aromatic nitrogens is 3. The average molecular weight is 334 g/mol. The molecule has 4 rings (SSSR count). The molecule has 0 aliphatic heterocycles. The summed E-state index contributed by atoms with van der Waals surface area (Å²) in [6, 6.07) is 11.3. The Morgan fingerprint density at radius 2 is 1.83 bits per heavy atom. The van der Waals surface area contributed by atoms with Gasteiger partial charge >= 0.3 is 0 Å². The van der Waals surface area contributed by atoms with Gasteiger partial charge in [0, 0.05) is 41.1 Å². The number of hydrogen-bond donors (Lipinski definition) is 2. The van der Waals surface area contributed by atoms with Crippen molar-refractivity contribution in [3.63, 3.8) is 0 Å². The maximum atomic E-state index is 10.8. The van der Waals surface area contributed by atoms with Crippen molar-refractivity contribution in [1.29, 1.82) is 0 Å². The summed E-state index contributed by atoms with van der Waals surface area (Å²) in [6.07, 6.45) is 6.91. The molecule has 4 aromatic rings. The number of rotatable bonds is 4. The van der Waals surface area contributed by atoms with Gasteiger partial charge in [0.1, 0.15) is 11.3 Å². The molecule has 0 bridgehead atoms. The second-order valence-corrected chi connectivity index (χ2v) is 6.17. The van der Waals surface area contributed by atoms with Crippen LogP contribution in [-0.2, 0) is 0 Å². The average Bonchev–Trinajstić information content (AvgIpc) is 3.15. The zero-order valence-corrected chi connectivity index (χ0v) is 13.4. The lowest BCUT2D eigenvalue weighted by Gasteiger charge is -2.20. The summed E-state index contributed by atoms with van der Waals surface area (Å²) in [5, 5.41) is 17.8. The predicted molar refractivity (Wildman–Crippen MR) is 95.2 cm³/mol. The van der Waals surface area contributed by atoms with Gasteiger partial charge in [0.25, 0.3) is 0 Å². The van der Waals surface area contributed by atoms with Crippen molar-refractivity contribution in [2.24, 2.45) is 0 Å². The van der Waals surface area contributed by atoms with Gasteiger partial charge in [-0.05, 0) is 23.8 Å². The minimum atomic E-state index is -0.245. The van der Waals surface area contributed by atoms with E-state index in [0.717, 1.165) is 21.6 Å². The summed E-state index contributed by atoms with van der Waals surface area (Å²) in [5.74, 6) is 0.180. The molecule has 2 N–H and O–H groups in total. The van der Waals surface area contributed by atoms with Crippen LogP contribution in [0.3, 0.4) is 0 Å². The van der Waals surface area contributed by atoms with Crippen LogP contribution in [0.25, 0.3) is 10.9 Å². The third-order valence-electron chi connectivity index (χ3n) is 3.83. The first kappa shape index (κ1) is 14.6. The molecular weight excluding hydrogens is 320 g/mol. The highest BCUT2D eigenvalue weighted by atomic mass is 32.1. The SMILES string of the molecule is Oc1c(C(Nc2nccs2)c2ccncc2)ccc2cccnc12. The molecule has 24 heavy (non-hydrogen) atoms. The summed E-state index contributed by atoms with van der Waals surface area (Å²) < 4.78 is 0. The van der Waals surface area contributed by atoms with Gasteiger partial charge < -0.3 is 10.4 Å². The van der Waals surface area contributed by atoms with Gasteiger partial charge in [-0.1, -0.05) is 18.2 Å². The maximum absolute atomic E-state index is 10.8. The number of aromatic hydroxyl groups is 1. The number of nitrogens with zero attached hydrogens (tertiary/aromatic N) is 3. The van der Waals surface area contributed by atoms with Crippen molar-refractivity contribution in [1.82, 2.24) is 15.0 Å². The number of hydrogen-bond acceptors (Lipinski definition) is 6. The summed E-state index contributed by atoms with van der Waals surface area (Å²) >= 11 is 1.51. The number of benzene rings is 1. The molecule has 3 aromatic heterocycles. The molecule has 0 radical (unpaired) electrons. The zero-order valence-electron chi connectivity index (χ0n) is 12.6. The van der Waals surface area contributed by atoms with E-state index in [2.05, 4.69) is 20.3 Å². The number of fused-ring (bicyclic) bond motifs is 1. The first-order valence-electron chi connectivity index (χ1n) is 7.45. The van der Waals surface area contributed by atoms with Crippen LogP contribution < -0.4 is 5.32 Å². The predicted octanol–water partition coefficient (Wildman–Crippen LogP) is 3.99. The highest BCUT2D eigenvalue weighted by molar-refractivity contribution is 7.13. The van der Waals surface area contributed by atoms with Crippen LogP contribution in [0.15, 0.2) is 66.6 Å². The highest BCUT2D eigenvalue weighted by Crippen LogP contribution is 2.36. The molecule has 1 unspecified atom stereocenters. The molecule has 0 fully saturated rings. The van der Waals surface area contributed by atoms with Crippen molar-refractivity contribution >= 4 is 27.4 Å². The van der Waals surface area contributed by atoms with Crippen molar-refractivity contribution in [2.45, 2.75) is 6.04 Å². The molecule has 6 heteroatoms. The third kappa shape index (κ3) is 2.68. The lowest BCUT2D eigenvalue weighted by atomic mass is 9.97. The fourth-order valence-electron chi connectivity index (χ4n) is 2.69. The smallest absolute Gasteiger partial charge is 0.183 e. The van der Waals surface area contributed by atoms with Crippen LogP contribution >= 0.6 is 11.3 Å². The van der Waals surface area contributed by atoms with Gasteiger partial charge in [-0.3, -0.25) is 9.97 Å². The Labute approximate surface area is 142 Å². The number of anilines is 1. The Morgan fingerprint density at radius 1 is 0.958 bits per heavy atom.